The maximum atomic E-state index is 12.0. The van der Waals surface area contributed by atoms with Crippen molar-refractivity contribution < 1.29 is 9.53 Å². The van der Waals surface area contributed by atoms with Crippen LogP contribution in [-0.2, 0) is 4.79 Å². The Morgan fingerprint density at radius 1 is 1.40 bits per heavy atom. The zero-order chi connectivity index (χ0) is 18.4. The molecule has 1 heterocycles. The number of hydrogen-bond acceptors (Lipinski definition) is 4. The summed E-state index contributed by atoms with van der Waals surface area (Å²) in [7, 11) is 0. The second-order valence-electron chi connectivity index (χ2n) is 5.71. The van der Waals surface area contributed by atoms with E-state index in [2.05, 4.69) is 61.2 Å². The largest absolute Gasteiger partial charge is 0.482 e. The lowest BCUT2D eigenvalue weighted by Crippen LogP contribution is -2.25. The van der Waals surface area contributed by atoms with E-state index in [1.54, 1.807) is 12.3 Å². The summed E-state index contributed by atoms with van der Waals surface area (Å²) in [5.74, 6) is 0.599. The molecule has 0 aliphatic carbocycles. The van der Waals surface area contributed by atoms with Crippen molar-refractivity contribution in [1.29, 1.82) is 0 Å². The molecular formula is C18H19Br2N3O2. The van der Waals surface area contributed by atoms with Crippen LogP contribution in [0.4, 0.5) is 0 Å². The van der Waals surface area contributed by atoms with E-state index in [1.165, 1.54) is 6.21 Å². The van der Waals surface area contributed by atoms with Gasteiger partial charge in [-0.15, -0.1) is 0 Å². The number of hydrogen-bond donors (Lipinski definition) is 1. The molecule has 0 fully saturated rings. The van der Waals surface area contributed by atoms with Gasteiger partial charge in [-0.25, -0.2) is 5.43 Å². The van der Waals surface area contributed by atoms with Gasteiger partial charge in [0.1, 0.15) is 5.75 Å². The Balaban J connectivity index is 2.02. The maximum absolute atomic E-state index is 12.0. The van der Waals surface area contributed by atoms with Crippen LogP contribution in [-0.4, -0.2) is 23.7 Å². The van der Waals surface area contributed by atoms with Gasteiger partial charge < -0.3 is 4.74 Å². The van der Waals surface area contributed by atoms with Crippen molar-refractivity contribution in [2.45, 2.75) is 26.7 Å². The van der Waals surface area contributed by atoms with Crippen molar-refractivity contribution in [3.8, 4) is 5.75 Å². The van der Waals surface area contributed by atoms with E-state index < -0.39 is 0 Å². The fourth-order valence-corrected chi connectivity index (χ4v) is 3.35. The summed E-state index contributed by atoms with van der Waals surface area (Å²) in [6.07, 6.45) is 3.14. The number of carbonyl (C=O) groups is 1. The Morgan fingerprint density at radius 2 is 2.16 bits per heavy atom. The predicted octanol–water partition coefficient (Wildman–Crippen LogP) is 4.57. The van der Waals surface area contributed by atoms with Gasteiger partial charge in [0.15, 0.2) is 6.61 Å². The second-order valence-corrected chi connectivity index (χ2v) is 7.35. The van der Waals surface area contributed by atoms with Crippen molar-refractivity contribution in [2.75, 3.05) is 6.61 Å². The van der Waals surface area contributed by atoms with Crippen LogP contribution in [0.25, 0.3) is 0 Å². The van der Waals surface area contributed by atoms with Crippen LogP contribution in [0, 0.1) is 6.92 Å². The van der Waals surface area contributed by atoms with E-state index in [0.29, 0.717) is 11.4 Å². The highest BCUT2D eigenvalue weighted by atomic mass is 79.9. The van der Waals surface area contributed by atoms with Crippen molar-refractivity contribution >= 4 is 44.0 Å². The molecule has 7 heteroatoms. The quantitative estimate of drug-likeness (QED) is 0.499. The second kappa shape index (κ2) is 9.10. The summed E-state index contributed by atoms with van der Waals surface area (Å²) in [5.41, 5.74) is 5.14. The molecule has 0 aliphatic rings. The lowest BCUT2D eigenvalue weighted by molar-refractivity contribution is -0.123. The molecule has 1 aromatic carbocycles. The van der Waals surface area contributed by atoms with Gasteiger partial charge in [0, 0.05) is 10.7 Å². The summed E-state index contributed by atoms with van der Waals surface area (Å²) in [6, 6.07) is 7.48. The average Bonchev–Trinajstić information content (AvgIpc) is 2.59. The molecule has 0 spiro atoms. The van der Waals surface area contributed by atoms with Crippen molar-refractivity contribution in [1.82, 2.24) is 10.4 Å². The minimum atomic E-state index is -0.339. The van der Waals surface area contributed by atoms with Crippen molar-refractivity contribution in [2.24, 2.45) is 5.10 Å². The molecule has 0 unspecified atom stereocenters. The Hall–Kier alpha value is -1.73. The van der Waals surface area contributed by atoms with E-state index in [4.69, 9.17) is 4.74 Å². The van der Waals surface area contributed by atoms with Crippen LogP contribution in [0.3, 0.4) is 0 Å². The molecule has 25 heavy (non-hydrogen) atoms. The van der Waals surface area contributed by atoms with Crippen LogP contribution in [0.15, 0.2) is 44.5 Å². The first-order valence-electron chi connectivity index (χ1n) is 7.74. The molecule has 0 bridgehead atoms. The lowest BCUT2D eigenvalue weighted by atomic mass is 10.0. The minimum absolute atomic E-state index is 0.126. The van der Waals surface area contributed by atoms with Crippen LogP contribution >= 0.6 is 31.9 Å². The van der Waals surface area contributed by atoms with Gasteiger partial charge in [0.05, 0.1) is 16.4 Å². The molecular weight excluding hydrogens is 450 g/mol. The summed E-state index contributed by atoms with van der Waals surface area (Å²) in [4.78, 5) is 16.0. The number of rotatable bonds is 6. The van der Waals surface area contributed by atoms with Gasteiger partial charge in [-0.3, -0.25) is 9.78 Å². The molecule has 132 valence electrons. The van der Waals surface area contributed by atoms with E-state index in [9.17, 15) is 4.79 Å². The summed E-state index contributed by atoms with van der Waals surface area (Å²) in [6.45, 7) is 6.00. The third-order valence-electron chi connectivity index (χ3n) is 3.47. The molecule has 2 aromatic rings. The highest BCUT2D eigenvalue weighted by molar-refractivity contribution is 9.11. The smallest absolute Gasteiger partial charge is 0.277 e. The Bertz CT molecular complexity index is 778. The minimum Gasteiger partial charge on any atom is -0.482 e. The maximum Gasteiger partial charge on any atom is 0.277 e. The normalized spacial score (nSPS) is 11.1. The SMILES string of the molecule is Cc1c(Br)cc(C(C)C)c(OCC(=O)N/N=C/c2ccccn2)c1Br. The fourth-order valence-electron chi connectivity index (χ4n) is 2.08. The predicted molar refractivity (Wildman–Crippen MR) is 106 cm³/mol. The molecule has 0 saturated heterocycles. The molecule has 1 aromatic heterocycles. The molecule has 0 saturated carbocycles. The topological polar surface area (TPSA) is 63.6 Å². The Labute approximate surface area is 164 Å². The first kappa shape index (κ1) is 19.6. The number of ether oxygens (including phenoxy) is 1. The number of nitrogens with one attached hydrogen (secondary N) is 1. The number of hydrazone groups is 1. The lowest BCUT2D eigenvalue weighted by Gasteiger charge is -2.18. The van der Waals surface area contributed by atoms with Crippen LogP contribution < -0.4 is 10.2 Å². The van der Waals surface area contributed by atoms with Gasteiger partial charge in [0.25, 0.3) is 5.91 Å². The zero-order valence-electron chi connectivity index (χ0n) is 14.2. The number of carbonyl (C=O) groups excluding carboxylic acids is 1. The Morgan fingerprint density at radius 3 is 2.80 bits per heavy atom. The summed E-state index contributed by atoms with van der Waals surface area (Å²) >= 11 is 7.10. The molecule has 2 rings (SSSR count). The van der Waals surface area contributed by atoms with Crippen LogP contribution in [0.1, 0.15) is 36.6 Å². The molecule has 0 radical (unpaired) electrons. The molecule has 1 N–H and O–H groups in total. The number of aromatic nitrogens is 1. The number of amides is 1. The highest BCUT2D eigenvalue weighted by Crippen LogP contribution is 2.40. The summed E-state index contributed by atoms with van der Waals surface area (Å²) in [5, 5.41) is 3.88. The Kier molecular flexibility index (Phi) is 7.13. The van der Waals surface area contributed by atoms with E-state index in [-0.39, 0.29) is 18.4 Å². The van der Waals surface area contributed by atoms with Gasteiger partial charge >= 0.3 is 0 Å². The van der Waals surface area contributed by atoms with Crippen molar-refractivity contribution in [3.05, 3.63) is 56.2 Å². The van der Waals surface area contributed by atoms with Gasteiger partial charge in [0.2, 0.25) is 0 Å². The third-order valence-corrected chi connectivity index (χ3v) is 5.25. The van der Waals surface area contributed by atoms with Gasteiger partial charge in [-0.2, -0.15) is 5.10 Å². The fraction of sp³-hybridized carbons (Fsp3) is 0.278. The first-order valence-corrected chi connectivity index (χ1v) is 9.33. The molecule has 0 aliphatic heterocycles. The number of pyridine rings is 1. The van der Waals surface area contributed by atoms with E-state index in [1.807, 2.05) is 25.1 Å². The third kappa shape index (κ3) is 5.37. The number of nitrogens with zero attached hydrogens (tertiary/aromatic N) is 2. The van der Waals surface area contributed by atoms with Crippen molar-refractivity contribution in [3.63, 3.8) is 0 Å². The van der Waals surface area contributed by atoms with Gasteiger partial charge in [-0.05, 0) is 58.1 Å². The van der Waals surface area contributed by atoms with Crippen LogP contribution in [0.2, 0.25) is 0 Å². The monoisotopic (exact) mass is 467 g/mol. The molecule has 0 atom stereocenters. The van der Waals surface area contributed by atoms with E-state index in [0.717, 1.165) is 20.1 Å². The number of halogens is 2. The van der Waals surface area contributed by atoms with Crippen LogP contribution in [0.5, 0.6) is 5.75 Å². The average molecular weight is 469 g/mol. The zero-order valence-corrected chi connectivity index (χ0v) is 17.4. The standard InChI is InChI=1S/C18H19Br2N3O2/c1-11(2)14-8-15(19)12(3)17(20)18(14)25-10-16(24)23-22-9-13-6-4-5-7-21-13/h4-9,11H,10H2,1-3H3,(H,23,24)/b22-9+. The highest BCUT2D eigenvalue weighted by Gasteiger charge is 2.17. The van der Waals surface area contributed by atoms with Gasteiger partial charge in [-0.1, -0.05) is 35.8 Å². The number of benzene rings is 1. The van der Waals surface area contributed by atoms with E-state index >= 15 is 0 Å². The summed E-state index contributed by atoms with van der Waals surface area (Å²) < 4.78 is 7.60. The molecule has 5 nitrogen and oxygen atoms in total. The first-order chi connectivity index (χ1) is 11.9. The molecule has 1 amide bonds.